The summed E-state index contributed by atoms with van der Waals surface area (Å²) in [6.45, 7) is 2.37. The molecule has 0 radical (unpaired) electrons. The Morgan fingerprint density at radius 1 is 1.12 bits per heavy atom. The summed E-state index contributed by atoms with van der Waals surface area (Å²) in [5.74, 6) is 0.287. The van der Waals surface area contributed by atoms with Crippen LogP contribution >= 0.6 is 11.6 Å². The van der Waals surface area contributed by atoms with Crippen LogP contribution in [-0.4, -0.2) is 24.9 Å². The fourth-order valence-electron chi connectivity index (χ4n) is 2.53. The molecule has 3 aromatic rings. The quantitative estimate of drug-likeness (QED) is 0.717. The van der Waals surface area contributed by atoms with Gasteiger partial charge in [0.05, 0.1) is 22.0 Å². The first kappa shape index (κ1) is 18.1. The summed E-state index contributed by atoms with van der Waals surface area (Å²) < 4.78 is 26.0. The summed E-state index contributed by atoms with van der Waals surface area (Å²) in [6.07, 6.45) is 0. The molecule has 0 unspecified atom stereocenters. The van der Waals surface area contributed by atoms with Crippen molar-refractivity contribution < 1.29 is 8.42 Å². The van der Waals surface area contributed by atoms with Gasteiger partial charge in [0.15, 0.2) is 11.1 Å². The average molecular weight is 387 g/mol. The van der Waals surface area contributed by atoms with Crippen LogP contribution in [0.2, 0.25) is 5.02 Å². The SMILES string of the molecule is CCNc1nc2ccccc2nc1[C@@H](C#N)S(=O)(=O)c1ccc(Cl)cc1. The van der Waals surface area contributed by atoms with E-state index < -0.39 is 15.1 Å². The van der Waals surface area contributed by atoms with Crippen LogP contribution in [-0.2, 0) is 9.84 Å². The summed E-state index contributed by atoms with van der Waals surface area (Å²) in [5, 5.41) is 11.6. The second-order valence-electron chi connectivity index (χ2n) is 5.48. The molecule has 26 heavy (non-hydrogen) atoms. The molecule has 2 aromatic carbocycles. The number of nitrogens with zero attached hydrogens (tertiary/aromatic N) is 3. The van der Waals surface area contributed by atoms with Crippen molar-refractivity contribution in [3.63, 3.8) is 0 Å². The molecule has 0 saturated heterocycles. The van der Waals surface area contributed by atoms with E-state index in [1.165, 1.54) is 24.3 Å². The molecule has 0 spiro atoms. The largest absolute Gasteiger partial charge is 0.369 e. The monoisotopic (exact) mass is 386 g/mol. The van der Waals surface area contributed by atoms with Gasteiger partial charge in [0.2, 0.25) is 9.84 Å². The molecule has 6 nitrogen and oxygen atoms in total. The fraction of sp³-hybridized carbons (Fsp3) is 0.167. The number of nitrogens with one attached hydrogen (secondary N) is 1. The number of hydrogen-bond acceptors (Lipinski definition) is 6. The minimum Gasteiger partial charge on any atom is -0.369 e. The van der Waals surface area contributed by atoms with E-state index in [0.717, 1.165) is 0 Å². The predicted octanol–water partition coefficient (Wildman–Crippen LogP) is 3.75. The first-order valence-corrected chi connectivity index (χ1v) is 9.79. The highest BCUT2D eigenvalue weighted by Crippen LogP contribution is 2.32. The Morgan fingerprint density at radius 2 is 1.73 bits per heavy atom. The van der Waals surface area contributed by atoms with Crippen LogP contribution in [0.25, 0.3) is 11.0 Å². The molecule has 0 bridgehead atoms. The number of hydrogen-bond donors (Lipinski definition) is 1. The predicted molar refractivity (Wildman–Crippen MR) is 101 cm³/mol. The zero-order chi connectivity index (χ0) is 18.7. The van der Waals surface area contributed by atoms with E-state index in [4.69, 9.17) is 11.6 Å². The minimum atomic E-state index is -3.99. The molecule has 1 atom stereocenters. The molecule has 132 valence electrons. The lowest BCUT2D eigenvalue weighted by atomic mass is 10.2. The molecule has 0 amide bonds. The van der Waals surface area contributed by atoms with Gasteiger partial charge in [-0.25, -0.2) is 18.4 Å². The number of sulfone groups is 1. The molecule has 1 heterocycles. The number of benzene rings is 2. The Balaban J connectivity index is 2.19. The second kappa shape index (κ2) is 7.28. The lowest BCUT2D eigenvalue weighted by Crippen LogP contribution is -2.17. The van der Waals surface area contributed by atoms with Crippen LogP contribution < -0.4 is 5.32 Å². The van der Waals surface area contributed by atoms with E-state index >= 15 is 0 Å². The topological polar surface area (TPSA) is 95.7 Å². The Kier molecular flexibility index (Phi) is 5.07. The number of aromatic nitrogens is 2. The molecular weight excluding hydrogens is 372 g/mol. The summed E-state index contributed by atoms with van der Waals surface area (Å²) >= 11 is 5.83. The van der Waals surface area contributed by atoms with Crippen molar-refractivity contribution in [2.45, 2.75) is 17.1 Å². The maximum absolute atomic E-state index is 13.0. The summed E-state index contributed by atoms with van der Waals surface area (Å²) in [6, 6.07) is 14.7. The maximum atomic E-state index is 13.0. The lowest BCUT2D eigenvalue weighted by molar-refractivity contribution is 0.590. The molecule has 8 heteroatoms. The van der Waals surface area contributed by atoms with E-state index in [2.05, 4.69) is 15.3 Å². The molecule has 0 aliphatic heterocycles. The molecule has 0 aliphatic carbocycles. The number of para-hydroxylation sites is 2. The van der Waals surface area contributed by atoms with Crippen LogP contribution in [0.1, 0.15) is 17.9 Å². The van der Waals surface area contributed by atoms with Gasteiger partial charge in [-0.05, 0) is 43.3 Å². The Bertz CT molecular complexity index is 1090. The third-order valence-electron chi connectivity index (χ3n) is 3.76. The number of fused-ring (bicyclic) bond motifs is 1. The molecule has 0 aliphatic rings. The van der Waals surface area contributed by atoms with Crippen LogP contribution in [0, 0.1) is 11.3 Å². The molecule has 1 N–H and O–H groups in total. The van der Waals surface area contributed by atoms with E-state index in [1.54, 1.807) is 18.2 Å². The van der Waals surface area contributed by atoms with Gasteiger partial charge in [0, 0.05) is 11.6 Å². The zero-order valence-corrected chi connectivity index (χ0v) is 15.4. The Morgan fingerprint density at radius 3 is 2.31 bits per heavy atom. The van der Waals surface area contributed by atoms with Crippen molar-refractivity contribution in [2.24, 2.45) is 0 Å². The standard InChI is InChI=1S/C18H15ClN4O2S/c1-2-21-18-17(22-14-5-3-4-6-15(14)23-18)16(11-20)26(24,25)13-9-7-12(19)8-10-13/h3-10,16H,2H2,1H3,(H,21,23)/t16-/m1/s1. The number of anilines is 1. The third-order valence-corrected chi connectivity index (χ3v) is 5.89. The lowest BCUT2D eigenvalue weighted by Gasteiger charge is -2.15. The first-order valence-electron chi connectivity index (χ1n) is 7.87. The fourth-order valence-corrected chi connectivity index (χ4v) is 4.04. The van der Waals surface area contributed by atoms with Crippen molar-refractivity contribution in [2.75, 3.05) is 11.9 Å². The highest BCUT2D eigenvalue weighted by molar-refractivity contribution is 7.92. The summed E-state index contributed by atoms with van der Waals surface area (Å²) in [5.41, 5.74) is 1.23. The molecule has 0 fully saturated rings. The van der Waals surface area contributed by atoms with Gasteiger partial charge < -0.3 is 5.32 Å². The van der Waals surface area contributed by atoms with Gasteiger partial charge in [-0.3, -0.25) is 0 Å². The van der Waals surface area contributed by atoms with Crippen molar-refractivity contribution in [3.8, 4) is 6.07 Å². The second-order valence-corrected chi connectivity index (χ2v) is 7.95. The zero-order valence-electron chi connectivity index (χ0n) is 13.8. The van der Waals surface area contributed by atoms with Gasteiger partial charge in [-0.15, -0.1) is 0 Å². The third kappa shape index (κ3) is 3.34. The van der Waals surface area contributed by atoms with E-state index in [0.29, 0.717) is 22.6 Å². The minimum absolute atomic E-state index is 0.00542. The maximum Gasteiger partial charge on any atom is 0.200 e. The first-order chi connectivity index (χ1) is 12.5. The van der Waals surface area contributed by atoms with Crippen LogP contribution in [0.5, 0.6) is 0 Å². The van der Waals surface area contributed by atoms with E-state index in [-0.39, 0.29) is 16.4 Å². The molecule has 0 saturated carbocycles. The Hall–Kier alpha value is -2.69. The summed E-state index contributed by atoms with van der Waals surface area (Å²) in [7, 11) is -3.99. The van der Waals surface area contributed by atoms with Gasteiger partial charge in [-0.1, -0.05) is 23.7 Å². The smallest absolute Gasteiger partial charge is 0.200 e. The van der Waals surface area contributed by atoms with E-state index in [1.807, 2.05) is 19.1 Å². The highest BCUT2D eigenvalue weighted by atomic mass is 35.5. The van der Waals surface area contributed by atoms with Gasteiger partial charge in [-0.2, -0.15) is 5.26 Å². The molecule has 3 rings (SSSR count). The van der Waals surface area contributed by atoms with Crippen LogP contribution in [0.4, 0.5) is 5.82 Å². The van der Waals surface area contributed by atoms with Crippen molar-refractivity contribution in [3.05, 3.63) is 59.2 Å². The highest BCUT2D eigenvalue weighted by Gasteiger charge is 2.33. The van der Waals surface area contributed by atoms with Crippen LogP contribution in [0.15, 0.2) is 53.4 Å². The van der Waals surface area contributed by atoms with Gasteiger partial charge in [0.1, 0.15) is 5.69 Å². The number of halogens is 1. The number of nitriles is 1. The molecular formula is C18H15ClN4O2S. The molecule has 1 aromatic heterocycles. The van der Waals surface area contributed by atoms with Crippen LogP contribution in [0.3, 0.4) is 0 Å². The Labute approximate surface area is 156 Å². The van der Waals surface area contributed by atoms with Crippen molar-refractivity contribution in [1.29, 1.82) is 5.26 Å². The van der Waals surface area contributed by atoms with Crippen molar-refractivity contribution in [1.82, 2.24) is 9.97 Å². The normalized spacial score (nSPS) is 12.5. The van der Waals surface area contributed by atoms with E-state index in [9.17, 15) is 13.7 Å². The van der Waals surface area contributed by atoms with Gasteiger partial charge in [0.25, 0.3) is 0 Å². The average Bonchev–Trinajstić information content (AvgIpc) is 2.63. The summed E-state index contributed by atoms with van der Waals surface area (Å²) in [4.78, 5) is 8.87. The van der Waals surface area contributed by atoms with Crippen molar-refractivity contribution >= 4 is 38.3 Å². The van der Waals surface area contributed by atoms with Gasteiger partial charge >= 0.3 is 0 Å². The number of rotatable bonds is 5.